The first-order chi connectivity index (χ1) is 7.68. The quantitative estimate of drug-likeness (QED) is 0.642. The van der Waals surface area contributed by atoms with Crippen molar-refractivity contribution in [1.29, 1.82) is 0 Å². The Kier molecular flexibility index (Phi) is 2.59. The molecule has 1 aromatic carbocycles. The molecule has 86 valence electrons. The number of benzene rings is 1. The van der Waals surface area contributed by atoms with Crippen molar-refractivity contribution in [3.63, 3.8) is 0 Å². The van der Waals surface area contributed by atoms with Gasteiger partial charge in [0.1, 0.15) is 0 Å². The topological polar surface area (TPSA) is 0 Å². The zero-order valence-corrected chi connectivity index (χ0v) is 11.2. The summed E-state index contributed by atoms with van der Waals surface area (Å²) < 4.78 is 0. The molecular formula is C15H21P. The normalized spacial score (nSPS) is 36.2. The molecule has 0 amide bonds. The van der Waals surface area contributed by atoms with Crippen molar-refractivity contribution >= 4 is 13.2 Å². The van der Waals surface area contributed by atoms with Crippen LogP contribution in [0.5, 0.6) is 0 Å². The second kappa shape index (κ2) is 3.84. The maximum atomic E-state index is 2.50. The summed E-state index contributed by atoms with van der Waals surface area (Å²) >= 11 is 0. The van der Waals surface area contributed by atoms with E-state index in [4.69, 9.17) is 0 Å². The van der Waals surface area contributed by atoms with E-state index >= 15 is 0 Å². The van der Waals surface area contributed by atoms with Crippen LogP contribution in [0.3, 0.4) is 0 Å². The highest BCUT2D eigenvalue weighted by Crippen LogP contribution is 2.64. The molecule has 0 bridgehead atoms. The number of hydrogen-bond donors (Lipinski definition) is 0. The van der Waals surface area contributed by atoms with Crippen LogP contribution >= 0.6 is 7.92 Å². The SMILES string of the molecule is CC1(C)CC[C@H]2CC[P@@](c3ccccc3)[C@H]21. The molecule has 2 aliphatic rings. The van der Waals surface area contributed by atoms with E-state index in [1.165, 1.54) is 25.4 Å². The Bertz CT molecular complexity index is 368. The van der Waals surface area contributed by atoms with Crippen LogP contribution in [0, 0.1) is 11.3 Å². The van der Waals surface area contributed by atoms with E-state index in [9.17, 15) is 0 Å². The van der Waals surface area contributed by atoms with Crippen molar-refractivity contribution in [1.82, 2.24) is 0 Å². The third-order valence-corrected chi connectivity index (χ3v) is 8.06. The molecular weight excluding hydrogens is 211 g/mol. The molecule has 1 aliphatic heterocycles. The highest BCUT2D eigenvalue weighted by Gasteiger charge is 2.49. The molecule has 0 spiro atoms. The summed E-state index contributed by atoms with van der Waals surface area (Å²) in [5, 5.41) is 1.65. The van der Waals surface area contributed by atoms with E-state index in [-0.39, 0.29) is 7.92 Å². The Hall–Kier alpha value is -0.350. The molecule has 1 aliphatic carbocycles. The van der Waals surface area contributed by atoms with Crippen LogP contribution in [0.25, 0.3) is 0 Å². The summed E-state index contributed by atoms with van der Waals surface area (Å²) in [6, 6.07) is 11.3. The molecule has 3 rings (SSSR count). The first-order valence-electron chi connectivity index (χ1n) is 6.50. The number of rotatable bonds is 1. The highest BCUT2D eigenvalue weighted by molar-refractivity contribution is 7.66. The van der Waals surface area contributed by atoms with Gasteiger partial charge < -0.3 is 0 Å². The fraction of sp³-hybridized carbons (Fsp3) is 0.600. The Morgan fingerprint density at radius 1 is 1.12 bits per heavy atom. The van der Waals surface area contributed by atoms with Gasteiger partial charge in [0.25, 0.3) is 0 Å². The molecule has 2 fully saturated rings. The summed E-state index contributed by atoms with van der Waals surface area (Å²) in [6.07, 6.45) is 5.92. The summed E-state index contributed by atoms with van der Waals surface area (Å²) in [7, 11) is 0.131. The second-order valence-corrected chi connectivity index (χ2v) is 8.51. The monoisotopic (exact) mass is 232 g/mol. The molecule has 1 heterocycles. The lowest BCUT2D eigenvalue weighted by atomic mass is 9.89. The smallest absolute Gasteiger partial charge is 0.00892 e. The van der Waals surface area contributed by atoms with Crippen molar-refractivity contribution in [2.24, 2.45) is 11.3 Å². The summed E-state index contributed by atoms with van der Waals surface area (Å²) in [5.41, 5.74) is 1.60. The van der Waals surface area contributed by atoms with Crippen molar-refractivity contribution in [2.75, 3.05) is 6.16 Å². The molecule has 3 atom stereocenters. The Balaban J connectivity index is 1.93. The van der Waals surface area contributed by atoms with Gasteiger partial charge in [-0.25, -0.2) is 0 Å². The minimum atomic E-state index is 0.131. The van der Waals surface area contributed by atoms with Gasteiger partial charge in [0.05, 0.1) is 0 Å². The van der Waals surface area contributed by atoms with E-state index in [0.717, 1.165) is 11.6 Å². The molecule has 0 N–H and O–H groups in total. The van der Waals surface area contributed by atoms with Crippen LogP contribution in [0.1, 0.15) is 33.1 Å². The van der Waals surface area contributed by atoms with Crippen LogP contribution in [0.15, 0.2) is 30.3 Å². The standard InChI is InChI=1S/C15H21P/c1-15(2)10-8-12-9-11-16(14(12)15)13-6-4-3-5-7-13/h3-7,12,14H,8-11H2,1-2H3/t12-,14+,16-/m0/s1. The first-order valence-corrected chi connectivity index (χ1v) is 8.10. The van der Waals surface area contributed by atoms with E-state index in [2.05, 4.69) is 44.2 Å². The van der Waals surface area contributed by atoms with Crippen LogP contribution in [-0.4, -0.2) is 11.8 Å². The van der Waals surface area contributed by atoms with Gasteiger partial charge in [-0.2, -0.15) is 0 Å². The molecule has 1 saturated heterocycles. The fourth-order valence-electron chi connectivity index (χ4n) is 3.83. The van der Waals surface area contributed by atoms with Gasteiger partial charge in [0.2, 0.25) is 0 Å². The van der Waals surface area contributed by atoms with Crippen molar-refractivity contribution < 1.29 is 0 Å². The van der Waals surface area contributed by atoms with Crippen molar-refractivity contribution in [2.45, 2.75) is 38.8 Å². The van der Waals surface area contributed by atoms with Crippen LogP contribution in [0.4, 0.5) is 0 Å². The minimum absolute atomic E-state index is 0.131. The van der Waals surface area contributed by atoms with Gasteiger partial charge in [-0.15, -0.1) is 0 Å². The molecule has 16 heavy (non-hydrogen) atoms. The molecule has 0 radical (unpaired) electrons. The van der Waals surface area contributed by atoms with E-state index in [0.29, 0.717) is 5.41 Å². The maximum Gasteiger partial charge on any atom is -0.00892 e. The Morgan fingerprint density at radius 2 is 1.88 bits per heavy atom. The van der Waals surface area contributed by atoms with Gasteiger partial charge in [-0.3, -0.25) is 0 Å². The number of fused-ring (bicyclic) bond motifs is 1. The highest BCUT2D eigenvalue weighted by atomic mass is 31.1. The van der Waals surface area contributed by atoms with Crippen molar-refractivity contribution in [3.8, 4) is 0 Å². The van der Waals surface area contributed by atoms with E-state index < -0.39 is 0 Å². The zero-order valence-electron chi connectivity index (χ0n) is 10.3. The van der Waals surface area contributed by atoms with Gasteiger partial charge in [0.15, 0.2) is 0 Å². The van der Waals surface area contributed by atoms with Gasteiger partial charge >= 0.3 is 0 Å². The van der Waals surface area contributed by atoms with Crippen LogP contribution < -0.4 is 5.30 Å². The lowest BCUT2D eigenvalue weighted by Crippen LogP contribution is -2.26. The zero-order chi connectivity index (χ0) is 11.2. The van der Waals surface area contributed by atoms with Crippen LogP contribution in [-0.2, 0) is 0 Å². The Labute approximate surface area is 100 Å². The molecule has 0 aromatic heterocycles. The molecule has 0 nitrogen and oxygen atoms in total. The lowest BCUT2D eigenvalue weighted by Gasteiger charge is -2.32. The van der Waals surface area contributed by atoms with Crippen molar-refractivity contribution in [3.05, 3.63) is 30.3 Å². The molecule has 1 heteroatoms. The third kappa shape index (κ3) is 1.63. The average Bonchev–Trinajstić information content (AvgIpc) is 2.82. The van der Waals surface area contributed by atoms with E-state index in [1.807, 2.05) is 0 Å². The van der Waals surface area contributed by atoms with Gasteiger partial charge in [-0.1, -0.05) is 52.1 Å². The largest absolute Gasteiger partial charge is 0.0713 e. The second-order valence-electron chi connectivity index (χ2n) is 6.05. The average molecular weight is 232 g/mol. The fourth-order valence-corrected chi connectivity index (χ4v) is 7.64. The molecule has 1 aromatic rings. The molecule has 0 unspecified atom stereocenters. The van der Waals surface area contributed by atoms with Gasteiger partial charge in [-0.05, 0) is 47.7 Å². The minimum Gasteiger partial charge on any atom is -0.0713 e. The number of hydrogen-bond acceptors (Lipinski definition) is 0. The first kappa shape index (κ1) is 10.8. The van der Waals surface area contributed by atoms with Crippen LogP contribution in [0.2, 0.25) is 0 Å². The predicted molar refractivity (Wildman–Crippen MR) is 72.8 cm³/mol. The van der Waals surface area contributed by atoms with Gasteiger partial charge in [0, 0.05) is 0 Å². The summed E-state index contributed by atoms with van der Waals surface area (Å²) in [4.78, 5) is 0. The Morgan fingerprint density at radius 3 is 2.62 bits per heavy atom. The maximum absolute atomic E-state index is 2.50. The van der Waals surface area contributed by atoms with E-state index in [1.54, 1.807) is 5.30 Å². The summed E-state index contributed by atoms with van der Waals surface area (Å²) in [6.45, 7) is 5.00. The third-order valence-electron chi connectivity index (χ3n) is 4.57. The molecule has 1 saturated carbocycles. The summed E-state index contributed by atoms with van der Waals surface area (Å²) in [5.74, 6) is 1.04. The predicted octanol–water partition coefficient (Wildman–Crippen LogP) is 4.00. The lowest BCUT2D eigenvalue weighted by molar-refractivity contribution is 0.377.